The zero-order valence-electron chi connectivity index (χ0n) is 34.4. The van der Waals surface area contributed by atoms with Crippen LogP contribution in [0.4, 0.5) is 5.69 Å². The molecule has 0 bridgehead atoms. The number of aromatic nitrogens is 5. The second-order valence-electron chi connectivity index (χ2n) is 16.0. The van der Waals surface area contributed by atoms with Crippen LogP contribution in [0.5, 0.6) is 5.75 Å². The fourth-order valence-corrected chi connectivity index (χ4v) is 8.97. The number of halogens is 1. The molecule has 0 saturated heterocycles. The maximum atomic E-state index is 15.5. The molecule has 0 fully saturated rings. The third kappa shape index (κ3) is 6.63. The highest BCUT2D eigenvalue weighted by molar-refractivity contribution is 6.32. The molecule has 0 radical (unpaired) electrons. The van der Waals surface area contributed by atoms with Gasteiger partial charge in [-0.1, -0.05) is 49.7 Å². The fraction of sp³-hybridized carbons (Fsp3) is 0.319. The van der Waals surface area contributed by atoms with Gasteiger partial charge in [-0.15, -0.1) is 0 Å². The molecule has 0 unspecified atom stereocenters. The SMILES string of the molecule is Cc1cc(OCCCc2c3n(c4c(-c5c(C)nn(C)c5C)cccc24)[C@H](C)CN(c2cc(C(C)C)cc4cc(C(=O)O)n(Cc5ccccn5)c24)C3=O)cc(C)c1Cl. The summed E-state index contributed by atoms with van der Waals surface area (Å²) in [5.74, 6) is -0.252. The lowest BCUT2D eigenvalue weighted by molar-refractivity contribution is 0.0686. The average Bonchev–Trinajstić information content (AvgIpc) is 3.82. The van der Waals surface area contributed by atoms with Crippen LogP contribution in [0.3, 0.4) is 0 Å². The van der Waals surface area contributed by atoms with Gasteiger partial charge in [0.1, 0.15) is 17.1 Å². The number of carbonyl (C=O) groups excluding carboxylic acids is 1. The predicted molar refractivity (Wildman–Crippen MR) is 231 cm³/mol. The Hall–Kier alpha value is -5.87. The molecular weight excluding hydrogens is 748 g/mol. The number of hydrogen-bond acceptors (Lipinski definition) is 5. The zero-order chi connectivity index (χ0) is 41.2. The smallest absolute Gasteiger partial charge is 0.352 e. The number of para-hydroxylation sites is 1. The Morgan fingerprint density at radius 1 is 1.00 bits per heavy atom. The van der Waals surface area contributed by atoms with Crippen LogP contribution in [0.1, 0.15) is 99.5 Å². The van der Waals surface area contributed by atoms with Crippen molar-refractivity contribution in [2.45, 2.75) is 79.8 Å². The second kappa shape index (κ2) is 15.1. The van der Waals surface area contributed by atoms with Gasteiger partial charge < -0.3 is 23.9 Å². The maximum Gasteiger partial charge on any atom is 0.352 e. The van der Waals surface area contributed by atoms with Gasteiger partial charge in [-0.3, -0.25) is 14.5 Å². The Kier molecular flexibility index (Phi) is 10.2. The van der Waals surface area contributed by atoms with Crippen molar-refractivity contribution in [3.63, 3.8) is 0 Å². The first-order valence-electron chi connectivity index (χ1n) is 19.9. The summed E-state index contributed by atoms with van der Waals surface area (Å²) in [5.41, 5.74) is 11.9. The van der Waals surface area contributed by atoms with Gasteiger partial charge in [0.05, 0.1) is 41.3 Å². The predicted octanol–water partition coefficient (Wildman–Crippen LogP) is 10.4. The van der Waals surface area contributed by atoms with Crippen LogP contribution in [-0.2, 0) is 20.0 Å². The van der Waals surface area contributed by atoms with Gasteiger partial charge in [0.25, 0.3) is 5.91 Å². The van der Waals surface area contributed by atoms with Crippen molar-refractivity contribution < 1.29 is 19.4 Å². The summed E-state index contributed by atoms with van der Waals surface area (Å²) in [6.45, 7) is 15.6. The number of nitrogens with zero attached hydrogens (tertiary/aromatic N) is 6. The molecule has 1 amide bonds. The molecule has 10 nitrogen and oxygen atoms in total. The van der Waals surface area contributed by atoms with Gasteiger partial charge in [0, 0.05) is 58.4 Å². The van der Waals surface area contributed by atoms with Gasteiger partial charge in [-0.05, 0) is 118 Å². The monoisotopic (exact) mass is 796 g/mol. The third-order valence-corrected chi connectivity index (χ3v) is 12.3. The van der Waals surface area contributed by atoms with E-state index in [4.69, 9.17) is 21.4 Å². The minimum Gasteiger partial charge on any atom is -0.494 e. The second-order valence-corrected chi connectivity index (χ2v) is 16.4. The number of fused-ring (bicyclic) bond motifs is 4. The summed E-state index contributed by atoms with van der Waals surface area (Å²) in [5, 5.41) is 17.8. The van der Waals surface area contributed by atoms with E-state index in [2.05, 4.69) is 67.6 Å². The van der Waals surface area contributed by atoms with E-state index in [-0.39, 0.29) is 30.1 Å². The highest BCUT2D eigenvalue weighted by Crippen LogP contribution is 2.44. The first-order valence-corrected chi connectivity index (χ1v) is 20.3. The lowest BCUT2D eigenvalue weighted by Crippen LogP contribution is -2.43. The number of hydrogen-bond donors (Lipinski definition) is 1. The van der Waals surface area contributed by atoms with Crippen LogP contribution >= 0.6 is 11.6 Å². The molecule has 5 heterocycles. The number of carboxylic acid groups (broad SMARTS) is 1. The molecule has 4 aromatic heterocycles. The summed E-state index contributed by atoms with van der Waals surface area (Å²) in [6.07, 6.45) is 2.98. The number of rotatable bonds is 11. The zero-order valence-corrected chi connectivity index (χ0v) is 35.1. The standard InChI is InChI=1S/C47H49ClN6O4/c1-26(2)32-21-33-23-40(47(56)57)52(25-34-13-9-10-17-49-34)43(33)39(22-32)53-24-29(5)54-44-36(14-11-15-38(44)41-30(6)50-51(8)31(41)7)37(45(54)46(53)55)16-12-18-58-35-19-27(3)42(48)28(4)20-35/h9-11,13-15,17,19-23,26,29H,12,16,18,24-25H2,1-8H3,(H,56,57)/t29-/m1/s1. The molecule has 1 aliphatic rings. The van der Waals surface area contributed by atoms with E-state index in [1.54, 1.807) is 16.8 Å². The first-order chi connectivity index (χ1) is 27.7. The molecular formula is C47H49ClN6O4. The lowest BCUT2D eigenvalue weighted by Gasteiger charge is -2.35. The Labute approximate surface area is 343 Å². The number of benzene rings is 3. The lowest BCUT2D eigenvalue weighted by atomic mass is 9.98. The van der Waals surface area contributed by atoms with Gasteiger partial charge in [-0.25, -0.2) is 4.79 Å². The third-order valence-electron chi connectivity index (χ3n) is 11.7. The quantitative estimate of drug-likeness (QED) is 0.131. The maximum absolute atomic E-state index is 15.5. The molecule has 3 aromatic carbocycles. The van der Waals surface area contributed by atoms with Crippen molar-refractivity contribution in [1.82, 2.24) is 23.9 Å². The van der Waals surface area contributed by atoms with E-state index in [1.165, 1.54) is 0 Å². The van der Waals surface area contributed by atoms with Crippen molar-refractivity contribution in [3.05, 3.63) is 129 Å². The summed E-state index contributed by atoms with van der Waals surface area (Å²) < 4.78 is 12.2. The molecule has 7 aromatic rings. The normalized spacial score (nSPS) is 14.3. The first kappa shape index (κ1) is 39.0. The van der Waals surface area contributed by atoms with E-state index in [0.717, 1.165) is 77.5 Å². The number of carboxylic acids is 1. The van der Waals surface area contributed by atoms with E-state index in [1.807, 2.05) is 67.7 Å². The van der Waals surface area contributed by atoms with Crippen molar-refractivity contribution in [3.8, 4) is 16.9 Å². The molecule has 298 valence electrons. The van der Waals surface area contributed by atoms with E-state index < -0.39 is 5.97 Å². The number of amides is 1. The van der Waals surface area contributed by atoms with Crippen LogP contribution in [0, 0.1) is 27.7 Å². The van der Waals surface area contributed by atoms with Crippen LogP contribution in [0.25, 0.3) is 32.9 Å². The van der Waals surface area contributed by atoms with Crippen LogP contribution in [0.2, 0.25) is 5.02 Å². The molecule has 1 N–H and O–H groups in total. The van der Waals surface area contributed by atoms with Crippen molar-refractivity contribution in [1.29, 1.82) is 0 Å². The molecule has 11 heteroatoms. The highest BCUT2D eigenvalue weighted by Gasteiger charge is 2.37. The number of carbonyl (C=O) groups is 2. The van der Waals surface area contributed by atoms with Crippen molar-refractivity contribution in [2.24, 2.45) is 7.05 Å². The summed E-state index contributed by atoms with van der Waals surface area (Å²) in [6, 6.07) is 21.6. The van der Waals surface area contributed by atoms with Crippen molar-refractivity contribution in [2.75, 3.05) is 18.1 Å². The number of ether oxygens (including phenoxy) is 1. The van der Waals surface area contributed by atoms with E-state index in [0.29, 0.717) is 42.9 Å². The number of aromatic carboxylic acids is 1. The Morgan fingerprint density at radius 3 is 2.41 bits per heavy atom. The average molecular weight is 797 g/mol. The Morgan fingerprint density at radius 2 is 1.76 bits per heavy atom. The Balaban J connectivity index is 1.30. The highest BCUT2D eigenvalue weighted by atomic mass is 35.5. The molecule has 8 rings (SSSR count). The minimum absolute atomic E-state index is 0.121. The summed E-state index contributed by atoms with van der Waals surface area (Å²) in [4.78, 5) is 34.8. The van der Waals surface area contributed by atoms with Gasteiger partial charge >= 0.3 is 5.97 Å². The largest absolute Gasteiger partial charge is 0.494 e. The molecule has 1 aliphatic heterocycles. The number of anilines is 1. The van der Waals surface area contributed by atoms with Gasteiger partial charge in [0.2, 0.25) is 0 Å². The molecule has 58 heavy (non-hydrogen) atoms. The van der Waals surface area contributed by atoms with Gasteiger partial charge in [0.15, 0.2) is 0 Å². The fourth-order valence-electron chi connectivity index (χ4n) is 8.86. The van der Waals surface area contributed by atoms with Gasteiger partial charge in [-0.2, -0.15) is 5.10 Å². The summed E-state index contributed by atoms with van der Waals surface area (Å²) in [7, 11) is 1.96. The summed E-state index contributed by atoms with van der Waals surface area (Å²) >= 11 is 6.45. The van der Waals surface area contributed by atoms with Crippen LogP contribution in [-0.4, -0.2) is 54.0 Å². The minimum atomic E-state index is -1.04. The van der Waals surface area contributed by atoms with Crippen molar-refractivity contribution >= 4 is 51.0 Å². The van der Waals surface area contributed by atoms with Crippen LogP contribution < -0.4 is 9.64 Å². The van der Waals surface area contributed by atoms with E-state index in [9.17, 15) is 9.90 Å². The van der Waals surface area contributed by atoms with E-state index >= 15 is 4.79 Å². The molecule has 1 atom stereocenters. The number of pyridine rings is 1. The topological polar surface area (TPSA) is 107 Å². The molecule has 0 saturated carbocycles. The van der Waals surface area contributed by atoms with Crippen LogP contribution in [0.15, 0.2) is 72.9 Å². The Bertz CT molecular complexity index is 2740. The number of aryl methyl sites for hydroxylation is 5. The molecule has 0 aliphatic carbocycles. The molecule has 0 spiro atoms.